The van der Waals surface area contributed by atoms with Crippen LogP contribution in [0.1, 0.15) is 12.5 Å². The standard InChI is InChI=1S/C16H11Cl3F3NO2/c1-8(25-14-5-2-9(17)6-13(14)19)15(24)23-10-3-4-12(18)11(7-10)16(20,21)22/h2-8H,1H3,(H,23,24)/t8-/m0/s1. The highest BCUT2D eigenvalue weighted by molar-refractivity contribution is 6.35. The van der Waals surface area contributed by atoms with E-state index in [-0.39, 0.29) is 16.5 Å². The van der Waals surface area contributed by atoms with Crippen LogP contribution in [0, 0.1) is 0 Å². The number of nitrogens with one attached hydrogen (secondary N) is 1. The fourth-order valence-electron chi connectivity index (χ4n) is 1.88. The summed E-state index contributed by atoms with van der Waals surface area (Å²) in [5, 5.41) is 2.49. The first-order valence-corrected chi connectivity index (χ1v) is 8.00. The maximum atomic E-state index is 12.8. The molecule has 0 saturated carbocycles. The van der Waals surface area contributed by atoms with Crippen LogP contribution in [-0.4, -0.2) is 12.0 Å². The molecule has 3 nitrogen and oxygen atoms in total. The zero-order valence-corrected chi connectivity index (χ0v) is 14.9. The Balaban J connectivity index is 2.11. The number of alkyl halides is 3. The van der Waals surface area contributed by atoms with Crippen LogP contribution in [0.5, 0.6) is 5.75 Å². The average Bonchev–Trinajstić information content (AvgIpc) is 2.50. The van der Waals surface area contributed by atoms with E-state index in [0.717, 1.165) is 12.1 Å². The second-order valence-corrected chi connectivity index (χ2v) is 6.27. The molecule has 0 fully saturated rings. The second kappa shape index (κ2) is 7.72. The number of anilines is 1. The van der Waals surface area contributed by atoms with Crippen molar-refractivity contribution >= 4 is 46.4 Å². The van der Waals surface area contributed by atoms with Crippen LogP contribution in [0.2, 0.25) is 15.1 Å². The molecule has 0 radical (unpaired) electrons. The van der Waals surface area contributed by atoms with E-state index < -0.39 is 28.8 Å². The first-order chi connectivity index (χ1) is 11.6. The highest BCUT2D eigenvalue weighted by Gasteiger charge is 2.33. The van der Waals surface area contributed by atoms with Crippen molar-refractivity contribution in [1.29, 1.82) is 0 Å². The molecule has 25 heavy (non-hydrogen) atoms. The van der Waals surface area contributed by atoms with Gasteiger partial charge in [0.05, 0.1) is 15.6 Å². The van der Waals surface area contributed by atoms with Crippen molar-refractivity contribution in [3.8, 4) is 5.75 Å². The van der Waals surface area contributed by atoms with Crippen molar-refractivity contribution in [3.05, 3.63) is 57.0 Å². The summed E-state index contributed by atoms with van der Waals surface area (Å²) in [4.78, 5) is 12.1. The normalized spacial score (nSPS) is 12.6. The molecule has 1 N–H and O–H groups in total. The monoisotopic (exact) mass is 411 g/mol. The Morgan fingerprint density at radius 3 is 2.36 bits per heavy atom. The van der Waals surface area contributed by atoms with Gasteiger partial charge >= 0.3 is 6.18 Å². The highest BCUT2D eigenvalue weighted by Crippen LogP contribution is 2.36. The van der Waals surface area contributed by atoms with Gasteiger partial charge in [0, 0.05) is 10.7 Å². The van der Waals surface area contributed by atoms with Crippen LogP contribution < -0.4 is 10.1 Å². The van der Waals surface area contributed by atoms with Crippen LogP contribution in [0.25, 0.3) is 0 Å². The SMILES string of the molecule is C[C@H](Oc1ccc(Cl)cc1Cl)C(=O)Nc1ccc(Cl)c(C(F)(F)F)c1. The molecule has 0 aliphatic rings. The third-order valence-electron chi connectivity index (χ3n) is 3.11. The summed E-state index contributed by atoms with van der Waals surface area (Å²) in [6.07, 6.45) is -5.64. The lowest BCUT2D eigenvalue weighted by molar-refractivity contribution is -0.137. The summed E-state index contributed by atoms with van der Waals surface area (Å²) in [6.45, 7) is 1.43. The number of benzene rings is 2. The van der Waals surface area contributed by atoms with Gasteiger partial charge in [0.25, 0.3) is 5.91 Å². The number of ether oxygens (including phenoxy) is 1. The van der Waals surface area contributed by atoms with Gasteiger partial charge in [0.1, 0.15) is 5.75 Å². The highest BCUT2D eigenvalue weighted by atomic mass is 35.5. The molecule has 0 spiro atoms. The molecule has 0 aliphatic heterocycles. The summed E-state index contributed by atoms with van der Waals surface area (Å²) in [6, 6.07) is 7.53. The second-order valence-electron chi connectivity index (χ2n) is 5.02. The van der Waals surface area contributed by atoms with Crippen molar-refractivity contribution in [2.75, 3.05) is 5.32 Å². The van der Waals surface area contributed by atoms with Gasteiger partial charge in [-0.25, -0.2) is 0 Å². The fraction of sp³-hybridized carbons (Fsp3) is 0.188. The Bertz CT molecular complexity index is 797. The summed E-state index contributed by atoms with van der Waals surface area (Å²) in [5.41, 5.74) is -1.10. The van der Waals surface area contributed by atoms with Crippen molar-refractivity contribution in [2.45, 2.75) is 19.2 Å². The van der Waals surface area contributed by atoms with Gasteiger partial charge in [-0.2, -0.15) is 13.2 Å². The number of rotatable bonds is 4. The molecule has 9 heteroatoms. The van der Waals surface area contributed by atoms with E-state index >= 15 is 0 Å². The summed E-state index contributed by atoms with van der Waals surface area (Å²) in [5.74, 6) is -0.428. The number of halogens is 6. The van der Waals surface area contributed by atoms with Crippen LogP contribution in [0.15, 0.2) is 36.4 Å². The fourth-order valence-corrected chi connectivity index (χ4v) is 2.56. The lowest BCUT2D eigenvalue weighted by Gasteiger charge is -2.17. The molecule has 134 valence electrons. The third-order valence-corrected chi connectivity index (χ3v) is 3.97. The minimum absolute atomic E-state index is 0.0561. The first-order valence-electron chi connectivity index (χ1n) is 6.87. The van der Waals surface area contributed by atoms with Crippen molar-refractivity contribution < 1.29 is 22.7 Å². The molecule has 0 unspecified atom stereocenters. The van der Waals surface area contributed by atoms with Gasteiger partial charge in [0.15, 0.2) is 6.10 Å². The van der Waals surface area contributed by atoms with Crippen LogP contribution in [0.3, 0.4) is 0 Å². The quantitative estimate of drug-likeness (QED) is 0.662. The molecular formula is C16H11Cl3F3NO2. The zero-order chi connectivity index (χ0) is 18.8. The van der Waals surface area contributed by atoms with Crippen LogP contribution >= 0.6 is 34.8 Å². The Labute approximate surface area is 156 Å². The third kappa shape index (κ3) is 5.17. The van der Waals surface area contributed by atoms with Crippen molar-refractivity contribution in [2.24, 2.45) is 0 Å². The van der Waals surface area contributed by atoms with E-state index in [4.69, 9.17) is 39.5 Å². The van der Waals surface area contributed by atoms with Gasteiger partial charge in [0.2, 0.25) is 0 Å². The van der Waals surface area contributed by atoms with Crippen molar-refractivity contribution in [1.82, 2.24) is 0 Å². The first kappa shape index (κ1) is 19.7. The van der Waals surface area contributed by atoms with Gasteiger partial charge in [-0.05, 0) is 43.3 Å². The molecule has 2 aromatic carbocycles. The lowest BCUT2D eigenvalue weighted by atomic mass is 10.2. The van der Waals surface area contributed by atoms with E-state index in [1.807, 2.05) is 0 Å². The number of hydrogen-bond donors (Lipinski definition) is 1. The van der Waals surface area contributed by atoms with E-state index in [9.17, 15) is 18.0 Å². The smallest absolute Gasteiger partial charge is 0.417 e. The van der Waals surface area contributed by atoms with E-state index in [1.165, 1.54) is 31.2 Å². The molecule has 2 aromatic rings. The van der Waals surface area contributed by atoms with Crippen molar-refractivity contribution in [3.63, 3.8) is 0 Å². The predicted octanol–water partition coefficient (Wildman–Crippen LogP) is 6.07. The molecule has 0 bridgehead atoms. The molecule has 0 aromatic heterocycles. The van der Waals surface area contributed by atoms with Gasteiger partial charge in [-0.1, -0.05) is 34.8 Å². The Hall–Kier alpha value is -1.63. The van der Waals surface area contributed by atoms with Crippen LogP contribution in [0.4, 0.5) is 18.9 Å². The van der Waals surface area contributed by atoms with E-state index in [0.29, 0.717) is 5.02 Å². The summed E-state index contributed by atoms with van der Waals surface area (Å²) in [7, 11) is 0. The minimum Gasteiger partial charge on any atom is -0.479 e. The largest absolute Gasteiger partial charge is 0.479 e. The Morgan fingerprint density at radius 1 is 1.08 bits per heavy atom. The Kier molecular flexibility index (Phi) is 6.08. The lowest BCUT2D eigenvalue weighted by Crippen LogP contribution is -2.30. The molecule has 0 aliphatic carbocycles. The average molecular weight is 413 g/mol. The summed E-state index contributed by atoms with van der Waals surface area (Å²) < 4.78 is 43.9. The number of carbonyl (C=O) groups excluding carboxylic acids is 1. The minimum atomic E-state index is -4.63. The molecule has 2 rings (SSSR count). The topological polar surface area (TPSA) is 38.3 Å². The molecule has 0 heterocycles. The number of carbonyl (C=O) groups is 1. The molecule has 0 saturated heterocycles. The molecule has 1 atom stereocenters. The maximum absolute atomic E-state index is 12.8. The predicted molar refractivity (Wildman–Crippen MR) is 91.6 cm³/mol. The maximum Gasteiger partial charge on any atom is 0.417 e. The molecular weight excluding hydrogens is 402 g/mol. The zero-order valence-electron chi connectivity index (χ0n) is 12.6. The Morgan fingerprint density at radius 2 is 1.76 bits per heavy atom. The summed E-state index contributed by atoms with van der Waals surface area (Å²) >= 11 is 17.2. The van der Waals surface area contributed by atoms with Gasteiger partial charge < -0.3 is 10.1 Å². The van der Waals surface area contributed by atoms with Gasteiger partial charge in [-0.15, -0.1) is 0 Å². The molecule has 1 amide bonds. The van der Waals surface area contributed by atoms with E-state index in [1.54, 1.807) is 0 Å². The number of hydrogen-bond acceptors (Lipinski definition) is 2. The van der Waals surface area contributed by atoms with Gasteiger partial charge in [-0.3, -0.25) is 4.79 Å². The van der Waals surface area contributed by atoms with E-state index in [2.05, 4.69) is 5.32 Å². The van der Waals surface area contributed by atoms with Crippen LogP contribution in [-0.2, 0) is 11.0 Å². The number of amides is 1.